The van der Waals surface area contributed by atoms with Crippen molar-refractivity contribution in [3.05, 3.63) is 65.4 Å². The standard InChI is InChI=1S/C21H15F2N5S/c1-10-7-14(18(22)23)25-21-15(10)16-17(29-21)20-26-19(27-28(20)9-24-16)13-8-12(13)11-5-3-2-4-6-11/h2-7,9,12-13,18H,8H2,1H3/t12-,13-/m1/s1. The topological polar surface area (TPSA) is 56.0 Å². The molecule has 8 heteroatoms. The van der Waals surface area contributed by atoms with Crippen LogP contribution < -0.4 is 0 Å². The van der Waals surface area contributed by atoms with E-state index in [0.717, 1.165) is 33.4 Å². The summed E-state index contributed by atoms with van der Waals surface area (Å²) in [5.74, 6) is 1.55. The highest BCUT2D eigenvalue weighted by Crippen LogP contribution is 2.53. The van der Waals surface area contributed by atoms with E-state index in [1.807, 2.05) is 13.0 Å². The molecule has 6 rings (SSSR count). The molecule has 29 heavy (non-hydrogen) atoms. The molecule has 1 aliphatic carbocycles. The molecule has 0 radical (unpaired) electrons. The molecule has 144 valence electrons. The van der Waals surface area contributed by atoms with Gasteiger partial charge in [-0.1, -0.05) is 30.3 Å². The third kappa shape index (κ3) is 2.55. The van der Waals surface area contributed by atoms with Crippen molar-refractivity contribution in [1.29, 1.82) is 0 Å². The first-order chi connectivity index (χ1) is 14.1. The van der Waals surface area contributed by atoms with Crippen molar-refractivity contribution in [1.82, 2.24) is 24.6 Å². The van der Waals surface area contributed by atoms with Crippen LogP contribution in [0, 0.1) is 6.92 Å². The van der Waals surface area contributed by atoms with E-state index in [1.54, 1.807) is 10.8 Å². The molecule has 0 unspecified atom stereocenters. The summed E-state index contributed by atoms with van der Waals surface area (Å²) < 4.78 is 28.8. The number of rotatable bonds is 3. The van der Waals surface area contributed by atoms with Gasteiger partial charge in [0.15, 0.2) is 11.5 Å². The summed E-state index contributed by atoms with van der Waals surface area (Å²) in [4.78, 5) is 14.1. The molecular weight excluding hydrogens is 392 g/mol. The summed E-state index contributed by atoms with van der Waals surface area (Å²) in [5, 5.41) is 5.46. The fourth-order valence-corrected chi connectivity index (χ4v) is 5.25. The highest BCUT2D eigenvalue weighted by atomic mass is 32.1. The molecule has 0 N–H and O–H groups in total. The monoisotopic (exact) mass is 407 g/mol. The molecule has 0 saturated heterocycles. The number of aryl methyl sites for hydroxylation is 1. The summed E-state index contributed by atoms with van der Waals surface area (Å²) in [6, 6.07) is 11.8. The lowest BCUT2D eigenvalue weighted by Gasteiger charge is -2.01. The maximum absolute atomic E-state index is 13.2. The third-order valence-electron chi connectivity index (χ3n) is 5.57. The first-order valence-electron chi connectivity index (χ1n) is 9.38. The van der Waals surface area contributed by atoms with Crippen molar-refractivity contribution in [3.8, 4) is 0 Å². The zero-order valence-corrected chi connectivity index (χ0v) is 16.2. The van der Waals surface area contributed by atoms with Crippen LogP contribution in [0.3, 0.4) is 0 Å². The number of aromatic nitrogens is 5. The van der Waals surface area contributed by atoms with Crippen molar-refractivity contribution in [2.24, 2.45) is 0 Å². The van der Waals surface area contributed by atoms with Crippen molar-refractivity contribution in [3.63, 3.8) is 0 Å². The van der Waals surface area contributed by atoms with Gasteiger partial charge in [0.2, 0.25) is 0 Å². The molecule has 4 aromatic heterocycles. The molecule has 5 aromatic rings. The van der Waals surface area contributed by atoms with Gasteiger partial charge in [-0.3, -0.25) is 0 Å². The van der Waals surface area contributed by atoms with E-state index >= 15 is 0 Å². The number of alkyl halides is 2. The van der Waals surface area contributed by atoms with Gasteiger partial charge in [0.1, 0.15) is 21.6 Å². The average molecular weight is 407 g/mol. The van der Waals surface area contributed by atoms with Crippen LogP contribution in [0.25, 0.3) is 26.1 Å². The number of fused-ring (bicyclic) bond motifs is 5. The smallest absolute Gasteiger partial charge is 0.236 e. The van der Waals surface area contributed by atoms with Crippen molar-refractivity contribution >= 4 is 37.4 Å². The second-order valence-corrected chi connectivity index (χ2v) is 8.47. The second kappa shape index (κ2) is 6.00. The second-order valence-electron chi connectivity index (χ2n) is 7.47. The van der Waals surface area contributed by atoms with E-state index in [4.69, 9.17) is 4.98 Å². The van der Waals surface area contributed by atoms with Crippen LogP contribution in [0.1, 0.15) is 47.3 Å². The quantitative estimate of drug-likeness (QED) is 0.402. The van der Waals surface area contributed by atoms with E-state index in [9.17, 15) is 8.78 Å². The van der Waals surface area contributed by atoms with Crippen molar-refractivity contribution in [2.45, 2.75) is 31.6 Å². The Bertz CT molecular complexity index is 1390. The Morgan fingerprint density at radius 2 is 1.97 bits per heavy atom. The van der Waals surface area contributed by atoms with Crippen LogP contribution in [-0.2, 0) is 0 Å². The molecular formula is C21H15F2N5S. The summed E-state index contributed by atoms with van der Waals surface area (Å²) in [6.07, 6.45) is 0.0870. The number of hydrogen-bond acceptors (Lipinski definition) is 5. The zero-order chi connectivity index (χ0) is 19.7. The van der Waals surface area contributed by atoms with Gasteiger partial charge in [0, 0.05) is 11.3 Å². The predicted molar refractivity (Wildman–Crippen MR) is 108 cm³/mol. The fraction of sp³-hybridized carbons (Fsp3) is 0.238. The Hall–Kier alpha value is -3.00. The summed E-state index contributed by atoms with van der Waals surface area (Å²) in [7, 11) is 0. The Labute approximate surface area is 168 Å². The molecule has 0 spiro atoms. The number of thiophene rings is 1. The number of hydrogen-bond donors (Lipinski definition) is 0. The highest BCUT2D eigenvalue weighted by Gasteiger charge is 2.42. The molecule has 1 aliphatic rings. The molecule has 0 aliphatic heterocycles. The van der Waals surface area contributed by atoms with Gasteiger partial charge >= 0.3 is 0 Å². The molecule has 1 aromatic carbocycles. The van der Waals surface area contributed by atoms with E-state index in [2.05, 4.69) is 39.3 Å². The molecule has 0 amide bonds. The summed E-state index contributed by atoms with van der Waals surface area (Å²) in [5.41, 5.74) is 3.31. The molecule has 1 fully saturated rings. The maximum atomic E-state index is 13.2. The minimum absolute atomic E-state index is 0.205. The van der Waals surface area contributed by atoms with E-state index in [0.29, 0.717) is 22.3 Å². The lowest BCUT2D eigenvalue weighted by Crippen LogP contribution is -1.92. The van der Waals surface area contributed by atoms with Crippen molar-refractivity contribution < 1.29 is 8.78 Å². The number of benzene rings is 1. The first-order valence-corrected chi connectivity index (χ1v) is 10.2. The maximum Gasteiger partial charge on any atom is 0.280 e. The average Bonchev–Trinajstić information content (AvgIpc) is 3.24. The highest BCUT2D eigenvalue weighted by molar-refractivity contribution is 7.26. The minimum Gasteiger partial charge on any atom is -0.236 e. The number of nitrogens with zero attached hydrogens (tertiary/aromatic N) is 5. The largest absolute Gasteiger partial charge is 0.280 e. The normalized spacial score (nSPS) is 19.0. The predicted octanol–water partition coefficient (Wildman–Crippen LogP) is 5.40. The van der Waals surface area contributed by atoms with Gasteiger partial charge < -0.3 is 0 Å². The minimum atomic E-state index is -2.60. The SMILES string of the molecule is Cc1cc(C(F)F)nc2sc3c(ncn4nc([C@@H]5C[C@@H]5c5ccccc5)nc34)c12. The Kier molecular flexibility index (Phi) is 3.50. The van der Waals surface area contributed by atoms with E-state index < -0.39 is 6.43 Å². The molecule has 5 nitrogen and oxygen atoms in total. The van der Waals surface area contributed by atoms with Gasteiger partial charge in [-0.05, 0) is 36.5 Å². The van der Waals surface area contributed by atoms with Gasteiger partial charge in [0.05, 0.1) is 5.52 Å². The van der Waals surface area contributed by atoms with Crippen LogP contribution >= 0.6 is 11.3 Å². The van der Waals surface area contributed by atoms with Crippen LogP contribution in [0.2, 0.25) is 0 Å². The molecule has 1 saturated carbocycles. The van der Waals surface area contributed by atoms with Gasteiger partial charge in [-0.2, -0.15) is 0 Å². The lowest BCUT2D eigenvalue weighted by atomic mass is 10.1. The fourth-order valence-electron chi connectivity index (χ4n) is 4.07. The van der Waals surface area contributed by atoms with Crippen LogP contribution in [-0.4, -0.2) is 24.6 Å². The molecule has 2 atom stereocenters. The summed E-state index contributed by atoms with van der Waals surface area (Å²) in [6.45, 7) is 1.82. The molecule has 0 bridgehead atoms. The van der Waals surface area contributed by atoms with Crippen LogP contribution in [0.5, 0.6) is 0 Å². The Morgan fingerprint density at radius 3 is 2.76 bits per heavy atom. The van der Waals surface area contributed by atoms with E-state index in [1.165, 1.54) is 23.0 Å². The zero-order valence-electron chi connectivity index (χ0n) is 15.4. The lowest BCUT2D eigenvalue weighted by molar-refractivity contribution is 0.146. The van der Waals surface area contributed by atoms with Gasteiger partial charge in [0.25, 0.3) is 6.43 Å². The van der Waals surface area contributed by atoms with Crippen LogP contribution in [0.15, 0.2) is 42.7 Å². The third-order valence-corrected chi connectivity index (χ3v) is 6.64. The van der Waals surface area contributed by atoms with Gasteiger partial charge in [-0.25, -0.2) is 28.2 Å². The number of pyridine rings is 1. The molecule has 4 heterocycles. The first kappa shape index (κ1) is 16.9. The number of halogens is 2. The van der Waals surface area contributed by atoms with Crippen molar-refractivity contribution in [2.75, 3.05) is 0 Å². The van der Waals surface area contributed by atoms with E-state index in [-0.39, 0.29) is 5.69 Å². The Balaban J connectivity index is 1.49. The Morgan fingerprint density at radius 1 is 1.14 bits per heavy atom. The summed E-state index contributed by atoms with van der Waals surface area (Å²) >= 11 is 1.35. The van der Waals surface area contributed by atoms with Gasteiger partial charge in [-0.15, -0.1) is 16.4 Å². The van der Waals surface area contributed by atoms with Crippen LogP contribution in [0.4, 0.5) is 8.78 Å².